The highest BCUT2D eigenvalue weighted by Crippen LogP contribution is 2.21. The number of rotatable bonds is 6. The van der Waals surface area contributed by atoms with Gasteiger partial charge in [0.2, 0.25) is 0 Å². The van der Waals surface area contributed by atoms with Gasteiger partial charge in [0.05, 0.1) is 5.56 Å². The molecule has 6 heteroatoms. The second kappa shape index (κ2) is 9.06. The van der Waals surface area contributed by atoms with Crippen LogP contribution in [0, 0.1) is 0 Å². The zero-order valence-corrected chi connectivity index (χ0v) is 16.0. The van der Waals surface area contributed by atoms with Crippen molar-refractivity contribution in [3.8, 4) is 5.75 Å². The maximum atomic E-state index is 12.7. The Balaban J connectivity index is 1.70. The maximum absolute atomic E-state index is 12.7. The largest absolute Gasteiger partial charge is 0.488 e. The fourth-order valence-electron chi connectivity index (χ4n) is 2.57. The number of nitrogens with one attached hydrogen (secondary N) is 2. The van der Waals surface area contributed by atoms with Crippen LogP contribution in [0.15, 0.2) is 72.8 Å². The molecule has 0 aromatic heterocycles. The first-order valence-electron chi connectivity index (χ1n) is 8.66. The molecule has 3 rings (SSSR count). The van der Waals surface area contributed by atoms with E-state index in [2.05, 4.69) is 10.6 Å². The summed E-state index contributed by atoms with van der Waals surface area (Å²) in [5.41, 5.74) is 2.48. The minimum Gasteiger partial charge on any atom is -0.488 e. The van der Waals surface area contributed by atoms with Gasteiger partial charge in [0.1, 0.15) is 12.4 Å². The third-order valence-corrected chi connectivity index (χ3v) is 4.32. The third-order valence-electron chi connectivity index (χ3n) is 4.07. The zero-order valence-electron chi connectivity index (χ0n) is 15.2. The normalized spacial score (nSPS) is 10.2. The van der Waals surface area contributed by atoms with Crippen molar-refractivity contribution in [1.82, 2.24) is 5.32 Å². The van der Waals surface area contributed by atoms with Gasteiger partial charge in [0.15, 0.2) is 0 Å². The van der Waals surface area contributed by atoms with Crippen LogP contribution in [0.2, 0.25) is 5.02 Å². The van der Waals surface area contributed by atoms with E-state index in [-0.39, 0.29) is 11.8 Å². The molecule has 0 fully saturated rings. The first kappa shape index (κ1) is 19.5. The van der Waals surface area contributed by atoms with Crippen molar-refractivity contribution in [1.29, 1.82) is 0 Å². The van der Waals surface area contributed by atoms with E-state index in [1.54, 1.807) is 61.6 Å². The van der Waals surface area contributed by atoms with Gasteiger partial charge < -0.3 is 15.4 Å². The van der Waals surface area contributed by atoms with Crippen LogP contribution in [0.3, 0.4) is 0 Å². The first-order chi connectivity index (χ1) is 13.6. The molecule has 2 N–H and O–H groups in total. The number of benzene rings is 3. The Morgan fingerprint density at radius 1 is 0.893 bits per heavy atom. The Morgan fingerprint density at radius 2 is 1.57 bits per heavy atom. The lowest BCUT2D eigenvalue weighted by molar-refractivity contribution is 0.0962. The van der Waals surface area contributed by atoms with E-state index in [1.807, 2.05) is 18.2 Å². The number of para-hydroxylation sites is 1. The van der Waals surface area contributed by atoms with Crippen molar-refractivity contribution < 1.29 is 14.3 Å². The number of ether oxygens (including phenoxy) is 1. The number of hydrogen-bond acceptors (Lipinski definition) is 3. The molecule has 2 amide bonds. The van der Waals surface area contributed by atoms with Crippen LogP contribution in [0.5, 0.6) is 5.75 Å². The summed E-state index contributed by atoms with van der Waals surface area (Å²) in [6, 6.07) is 21.0. The molecule has 28 heavy (non-hydrogen) atoms. The second-order valence-corrected chi connectivity index (χ2v) is 6.46. The highest BCUT2D eigenvalue weighted by atomic mass is 35.5. The van der Waals surface area contributed by atoms with Crippen molar-refractivity contribution in [2.75, 3.05) is 12.4 Å². The van der Waals surface area contributed by atoms with Crippen molar-refractivity contribution in [2.45, 2.75) is 6.61 Å². The molecule has 3 aromatic carbocycles. The molecule has 0 atom stereocenters. The van der Waals surface area contributed by atoms with Crippen molar-refractivity contribution in [3.05, 3.63) is 94.5 Å². The smallest absolute Gasteiger partial charge is 0.259 e. The molecular weight excluding hydrogens is 376 g/mol. The number of halogens is 1. The fourth-order valence-corrected chi connectivity index (χ4v) is 2.70. The van der Waals surface area contributed by atoms with Crippen LogP contribution in [0.25, 0.3) is 0 Å². The van der Waals surface area contributed by atoms with E-state index in [4.69, 9.17) is 16.3 Å². The Kier molecular flexibility index (Phi) is 6.29. The second-order valence-electron chi connectivity index (χ2n) is 6.02. The summed E-state index contributed by atoms with van der Waals surface area (Å²) in [5.74, 6) is 0.00940. The maximum Gasteiger partial charge on any atom is 0.259 e. The fraction of sp³-hybridized carbons (Fsp3) is 0.0909. The SMILES string of the molecule is CNC(=O)c1ccc(NC(=O)c2ccccc2OCc2ccc(Cl)cc2)cc1. The molecule has 142 valence electrons. The predicted octanol–water partition coefficient (Wildman–Crippen LogP) is 4.53. The number of carbonyl (C=O) groups is 2. The Hall–Kier alpha value is -3.31. The molecule has 0 heterocycles. The van der Waals surface area contributed by atoms with Gasteiger partial charge in [-0.2, -0.15) is 0 Å². The van der Waals surface area contributed by atoms with Gasteiger partial charge in [0, 0.05) is 23.3 Å². The Bertz CT molecular complexity index is 970. The number of hydrogen-bond donors (Lipinski definition) is 2. The summed E-state index contributed by atoms with van der Waals surface area (Å²) >= 11 is 5.89. The molecule has 0 bridgehead atoms. The van der Waals surface area contributed by atoms with Crippen LogP contribution in [0.1, 0.15) is 26.3 Å². The van der Waals surface area contributed by atoms with Crippen LogP contribution in [0.4, 0.5) is 5.69 Å². The molecule has 0 radical (unpaired) electrons. The van der Waals surface area contributed by atoms with Crippen LogP contribution < -0.4 is 15.4 Å². The summed E-state index contributed by atoms with van der Waals surface area (Å²) in [5, 5.41) is 6.03. The number of amides is 2. The van der Waals surface area contributed by atoms with Crippen LogP contribution in [-0.4, -0.2) is 18.9 Å². The molecule has 3 aromatic rings. The molecule has 0 aliphatic carbocycles. The highest BCUT2D eigenvalue weighted by molar-refractivity contribution is 6.30. The molecule has 0 unspecified atom stereocenters. The molecule has 5 nitrogen and oxygen atoms in total. The van der Waals surface area contributed by atoms with E-state index >= 15 is 0 Å². The van der Waals surface area contributed by atoms with Crippen molar-refractivity contribution >= 4 is 29.1 Å². The topological polar surface area (TPSA) is 67.4 Å². The standard InChI is InChI=1S/C22H19ClN2O3/c1-24-21(26)16-8-12-18(13-9-16)25-22(27)19-4-2-3-5-20(19)28-14-15-6-10-17(23)11-7-15/h2-13H,14H2,1H3,(H,24,26)(H,25,27). The van der Waals surface area contributed by atoms with Gasteiger partial charge in [-0.3, -0.25) is 9.59 Å². The minimum atomic E-state index is -0.292. The summed E-state index contributed by atoms with van der Waals surface area (Å²) in [6.45, 7) is 0.322. The minimum absolute atomic E-state index is 0.182. The molecule has 0 aliphatic rings. The number of anilines is 1. The molecule has 0 saturated heterocycles. The van der Waals surface area contributed by atoms with Crippen LogP contribution >= 0.6 is 11.6 Å². The van der Waals surface area contributed by atoms with Gasteiger partial charge in [0.25, 0.3) is 11.8 Å². The lowest BCUT2D eigenvalue weighted by Crippen LogP contribution is -2.18. The number of carbonyl (C=O) groups excluding carboxylic acids is 2. The predicted molar refractivity (Wildman–Crippen MR) is 110 cm³/mol. The summed E-state index contributed by atoms with van der Waals surface area (Å²) in [6.07, 6.45) is 0. The zero-order chi connectivity index (χ0) is 19.9. The van der Waals surface area contributed by atoms with Gasteiger partial charge >= 0.3 is 0 Å². The lowest BCUT2D eigenvalue weighted by atomic mass is 10.1. The lowest BCUT2D eigenvalue weighted by Gasteiger charge is -2.12. The van der Waals surface area contributed by atoms with Crippen LogP contribution in [-0.2, 0) is 6.61 Å². The van der Waals surface area contributed by atoms with Crippen molar-refractivity contribution in [2.24, 2.45) is 0 Å². The summed E-state index contributed by atoms with van der Waals surface area (Å²) in [4.78, 5) is 24.3. The summed E-state index contributed by atoms with van der Waals surface area (Å²) < 4.78 is 5.83. The Morgan fingerprint density at radius 3 is 2.25 bits per heavy atom. The first-order valence-corrected chi connectivity index (χ1v) is 9.04. The van der Waals surface area contributed by atoms with E-state index in [0.29, 0.717) is 34.2 Å². The van der Waals surface area contributed by atoms with E-state index in [9.17, 15) is 9.59 Å². The molecular formula is C22H19ClN2O3. The molecule has 0 spiro atoms. The van der Waals surface area contributed by atoms with Gasteiger partial charge in [-0.25, -0.2) is 0 Å². The van der Waals surface area contributed by atoms with Crippen molar-refractivity contribution in [3.63, 3.8) is 0 Å². The molecule has 0 aliphatic heterocycles. The van der Waals surface area contributed by atoms with E-state index in [0.717, 1.165) is 5.56 Å². The quantitative estimate of drug-likeness (QED) is 0.645. The van der Waals surface area contributed by atoms with Gasteiger partial charge in [-0.1, -0.05) is 35.9 Å². The third kappa shape index (κ3) is 4.90. The van der Waals surface area contributed by atoms with Gasteiger partial charge in [-0.15, -0.1) is 0 Å². The highest BCUT2D eigenvalue weighted by Gasteiger charge is 2.13. The molecule has 0 saturated carbocycles. The Labute approximate surface area is 168 Å². The van der Waals surface area contributed by atoms with Gasteiger partial charge in [-0.05, 0) is 54.1 Å². The average Bonchev–Trinajstić information content (AvgIpc) is 2.73. The van der Waals surface area contributed by atoms with E-state index in [1.165, 1.54) is 0 Å². The summed E-state index contributed by atoms with van der Waals surface area (Å²) in [7, 11) is 1.57. The average molecular weight is 395 g/mol. The monoisotopic (exact) mass is 394 g/mol. The van der Waals surface area contributed by atoms with E-state index < -0.39 is 0 Å².